The number of oxazole rings is 1. The lowest BCUT2D eigenvalue weighted by Gasteiger charge is -2.21. The van der Waals surface area contributed by atoms with Crippen LogP contribution >= 0.6 is 0 Å². The summed E-state index contributed by atoms with van der Waals surface area (Å²) in [6, 6.07) is 13.8. The summed E-state index contributed by atoms with van der Waals surface area (Å²) in [7, 11) is 1.68. The van der Waals surface area contributed by atoms with E-state index < -0.39 is 0 Å². The van der Waals surface area contributed by atoms with Crippen molar-refractivity contribution in [2.24, 2.45) is 5.92 Å². The van der Waals surface area contributed by atoms with Crippen molar-refractivity contribution in [3.63, 3.8) is 0 Å². The number of hydrogen-bond acceptors (Lipinski definition) is 6. The fourth-order valence-corrected chi connectivity index (χ4v) is 3.50. The topological polar surface area (TPSA) is 80.5 Å². The molecule has 2 aromatic heterocycles. The smallest absolute Gasteiger partial charge is 0.273 e. The first kappa shape index (κ1) is 21.1. The van der Waals surface area contributed by atoms with E-state index in [-0.39, 0.29) is 5.91 Å². The predicted octanol–water partition coefficient (Wildman–Crippen LogP) is 3.46. The van der Waals surface area contributed by atoms with Gasteiger partial charge in [0.05, 0.1) is 13.7 Å². The van der Waals surface area contributed by atoms with Gasteiger partial charge in [0.15, 0.2) is 5.69 Å². The van der Waals surface area contributed by atoms with Crippen LogP contribution in [0.5, 0.6) is 5.75 Å². The van der Waals surface area contributed by atoms with E-state index in [4.69, 9.17) is 9.15 Å². The molecule has 1 saturated carbocycles. The number of carbonyl (C=O) groups excluding carboxylic acids is 1. The number of methoxy groups -OCH3 is 1. The molecule has 1 N–H and O–H groups in total. The zero-order valence-electron chi connectivity index (χ0n) is 17.8. The van der Waals surface area contributed by atoms with Crippen molar-refractivity contribution in [1.29, 1.82) is 0 Å². The van der Waals surface area contributed by atoms with Gasteiger partial charge in [0.1, 0.15) is 12.0 Å². The van der Waals surface area contributed by atoms with Crippen molar-refractivity contribution in [3.05, 3.63) is 77.8 Å². The Labute approximate surface area is 182 Å². The van der Waals surface area contributed by atoms with Crippen molar-refractivity contribution in [3.8, 4) is 5.75 Å². The summed E-state index contributed by atoms with van der Waals surface area (Å²) in [5.74, 6) is 1.91. The van der Waals surface area contributed by atoms with Crippen LogP contribution in [0.15, 0.2) is 59.3 Å². The fraction of sp³-hybridized carbons (Fsp3) is 0.375. The molecular formula is C24H28N4O3. The Balaban J connectivity index is 1.33. The van der Waals surface area contributed by atoms with Crippen LogP contribution in [0.25, 0.3) is 0 Å². The van der Waals surface area contributed by atoms with E-state index >= 15 is 0 Å². The largest absolute Gasteiger partial charge is 0.497 e. The van der Waals surface area contributed by atoms with Gasteiger partial charge < -0.3 is 14.5 Å². The van der Waals surface area contributed by atoms with E-state index in [2.05, 4.69) is 32.3 Å². The molecule has 1 aliphatic carbocycles. The number of rotatable bonds is 11. The second kappa shape index (κ2) is 10.2. The number of pyridine rings is 1. The van der Waals surface area contributed by atoms with Crippen LogP contribution in [0.2, 0.25) is 0 Å². The number of amides is 1. The number of nitrogens with one attached hydrogen (secondary N) is 1. The molecule has 0 bridgehead atoms. The molecule has 0 spiro atoms. The Bertz CT molecular complexity index is 985. The quantitative estimate of drug-likeness (QED) is 0.512. The zero-order valence-corrected chi connectivity index (χ0v) is 17.8. The Hall–Kier alpha value is -3.19. The van der Waals surface area contributed by atoms with Crippen LogP contribution in [0, 0.1) is 5.92 Å². The van der Waals surface area contributed by atoms with Gasteiger partial charge in [-0.05, 0) is 48.6 Å². The Kier molecular flexibility index (Phi) is 6.94. The molecule has 1 amide bonds. The second-order valence-corrected chi connectivity index (χ2v) is 7.92. The van der Waals surface area contributed by atoms with Crippen molar-refractivity contribution in [1.82, 2.24) is 20.2 Å². The summed E-state index contributed by atoms with van der Waals surface area (Å²) in [5.41, 5.74) is 2.43. The zero-order chi connectivity index (χ0) is 21.5. The molecule has 0 saturated heterocycles. The Morgan fingerprint density at radius 2 is 2.13 bits per heavy atom. The first-order chi connectivity index (χ1) is 15.2. The lowest BCUT2D eigenvalue weighted by Crippen LogP contribution is -2.27. The van der Waals surface area contributed by atoms with E-state index in [1.54, 1.807) is 13.3 Å². The molecule has 0 atom stereocenters. The highest BCUT2D eigenvalue weighted by Gasteiger charge is 2.25. The van der Waals surface area contributed by atoms with E-state index in [9.17, 15) is 4.79 Å². The lowest BCUT2D eigenvalue weighted by molar-refractivity contribution is 0.0949. The summed E-state index contributed by atoms with van der Waals surface area (Å²) in [6.07, 6.45) is 6.40. The van der Waals surface area contributed by atoms with Crippen LogP contribution in [0.4, 0.5) is 0 Å². The average Bonchev–Trinajstić information content (AvgIpc) is 3.48. The van der Waals surface area contributed by atoms with E-state index in [1.165, 1.54) is 24.7 Å². The fourth-order valence-electron chi connectivity index (χ4n) is 3.50. The third kappa shape index (κ3) is 6.39. The molecule has 31 heavy (non-hydrogen) atoms. The first-order valence-electron chi connectivity index (χ1n) is 10.7. The van der Waals surface area contributed by atoms with Crippen LogP contribution < -0.4 is 10.1 Å². The predicted molar refractivity (Wildman–Crippen MR) is 117 cm³/mol. The molecule has 1 fully saturated rings. The van der Waals surface area contributed by atoms with Crippen LogP contribution in [-0.4, -0.2) is 41.0 Å². The number of aromatic nitrogens is 2. The first-order valence-corrected chi connectivity index (χ1v) is 10.7. The van der Waals surface area contributed by atoms with Gasteiger partial charge in [-0.3, -0.25) is 14.7 Å². The van der Waals surface area contributed by atoms with Gasteiger partial charge in [-0.2, -0.15) is 0 Å². The van der Waals surface area contributed by atoms with Gasteiger partial charge in [0, 0.05) is 37.9 Å². The highest BCUT2D eigenvalue weighted by molar-refractivity contribution is 5.91. The standard InChI is InChI=1S/C24H28N4O3/c1-30-21-7-4-5-19(13-21)15-28(14-18-8-9-18)16-23-27-22(17-31-23)24(29)26-12-10-20-6-2-3-11-25-20/h2-7,11,13,17-18H,8-10,12,14-16H2,1H3,(H,26,29). The van der Waals surface area contributed by atoms with Crippen molar-refractivity contribution >= 4 is 5.91 Å². The summed E-state index contributed by atoms with van der Waals surface area (Å²) >= 11 is 0. The maximum absolute atomic E-state index is 12.4. The van der Waals surface area contributed by atoms with E-state index in [0.717, 1.165) is 30.5 Å². The molecular weight excluding hydrogens is 392 g/mol. The van der Waals surface area contributed by atoms with E-state index in [0.29, 0.717) is 31.1 Å². The van der Waals surface area contributed by atoms with Gasteiger partial charge in [-0.1, -0.05) is 18.2 Å². The van der Waals surface area contributed by atoms with Crippen molar-refractivity contribution in [2.45, 2.75) is 32.4 Å². The molecule has 7 heteroatoms. The SMILES string of the molecule is COc1cccc(CN(Cc2nc(C(=O)NCCc3ccccn3)co2)CC2CC2)c1. The van der Waals surface area contributed by atoms with Gasteiger partial charge >= 0.3 is 0 Å². The molecule has 1 aromatic carbocycles. The minimum atomic E-state index is -0.229. The monoisotopic (exact) mass is 420 g/mol. The summed E-state index contributed by atoms with van der Waals surface area (Å²) < 4.78 is 11.0. The Morgan fingerprint density at radius 1 is 1.23 bits per heavy atom. The minimum absolute atomic E-state index is 0.229. The maximum atomic E-state index is 12.4. The lowest BCUT2D eigenvalue weighted by atomic mass is 10.2. The molecule has 0 aliphatic heterocycles. The molecule has 7 nitrogen and oxygen atoms in total. The maximum Gasteiger partial charge on any atom is 0.273 e. The Morgan fingerprint density at radius 3 is 2.90 bits per heavy atom. The number of carbonyl (C=O) groups is 1. The number of nitrogens with zero attached hydrogens (tertiary/aromatic N) is 3. The number of benzene rings is 1. The van der Waals surface area contributed by atoms with Crippen molar-refractivity contribution < 1.29 is 13.9 Å². The molecule has 0 unspecified atom stereocenters. The van der Waals surface area contributed by atoms with Crippen LogP contribution in [0.3, 0.4) is 0 Å². The van der Waals surface area contributed by atoms with Gasteiger partial charge in [0.25, 0.3) is 5.91 Å². The summed E-state index contributed by atoms with van der Waals surface area (Å²) in [6.45, 7) is 2.84. The number of ether oxygens (including phenoxy) is 1. The number of hydrogen-bond donors (Lipinski definition) is 1. The average molecular weight is 421 g/mol. The summed E-state index contributed by atoms with van der Waals surface area (Å²) in [4.78, 5) is 23.4. The third-order valence-electron chi connectivity index (χ3n) is 5.29. The van der Waals surface area contributed by atoms with E-state index in [1.807, 2.05) is 30.3 Å². The van der Waals surface area contributed by atoms with Crippen LogP contribution in [-0.2, 0) is 19.5 Å². The van der Waals surface area contributed by atoms with Crippen LogP contribution in [0.1, 0.15) is 40.5 Å². The summed E-state index contributed by atoms with van der Waals surface area (Å²) in [5, 5.41) is 2.88. The molecule has 0 radical (unpaired) electrons. The second-order valence-electron chi connectivity index (χ2n) is 7.92. The molecule has 2 heterocycles. The van der Waals surface area contributed by atoms with Gasteiger partial charge in [-0.15, -0.1) is 0 Å². The molecule has 1 aliphatic rings. The normalized spacial score (nSPS) is 13.4. The molecule has 162 valence electrons. The highest BCUT2D eigenvalue weighted by Crippen LogP contribution is 2.31. The third-order valence-corrected chi connectivity index (χ3v) is 5.29. The molecule has 4 rings (SSSR count). The highest BCUT2D eigenvalue weighted by atomic mass is 16.5. The van der Waals surface area contributed by atoms with Gasteiger partial charge in [0.2, 0.25) is 5.89 Å². The molecule has 3 aromatic rings. The van der Waals surface area contributed by atoms with Crippen molar-refractivity contribution in [2.75, 3.05) is 20.2 Å². The van der Waals surface area contributed by atoms with Gasteiger partial charge in [-0.25, -0.2) is 4.98 Å². The minimum Gasteiger partial charge on any atom is -0.497 e.